The predicted octanol–water partition coefficient (Wildman–Crippen LogP) is 4.48. The first-order valence-electron chi connectivity index (χ1n) is 9.21. The van der Waals surface area contributed by atoms with E-state index in [0.717, 1.165) is 27.4 Å². The first kappa shape index (κ1) is 19.8. The topological polar surface area (TPSA) is 105 Å². The van der Waals surface area contributed by atoms with Crippen LogP contribution in [0.15, 0.2) is 45.9 Å². The van der Waals surface area contributed by atoms with Gasteiger partial charge in [0.05, 0.1) is 16.2 Å². The zero-order chi connectivity index (χ0) is 21.7. The van der Waals surface area contributed by atoms with Gasteiger partial charge >= 0.3 is 0 Å². The summed E-state index contributed by atoms with van der Waals surface area (Å²) in [5, 5.41) is 20.2. The van der Waals surface area contributed by atoms with Crippen molar-refractivity contribution in [2.45, 2.75) is 27.7 Å². The molecule has 1 amide bonds. The molecular weight excluding hydrogens is 402 g/mol. The van der Waals surface area contributed by atoms with Gasteiger partial charge in [0.1, 0.15) is 5.84 Å². The van der Waals surface area contributed by atoms with Gasteiger partial charge < -0.3 is 4.57 Å². The van der Waals surface area contributed by atoms with Crippen LogP contribution in [-0.2, 0) is 4.79 Å². The average Bonchev–Trinajstić information content (AvgIpc) is 3.18. The second-order valence-corrected chi connectivity index (χ2v) is 8.42. The van der Waals surface area contributed by atoms with Crippen LogP contribution in [0.2, 0.25) is 0 Å². The van der Waals surface area contributed by atoms with E-state index in [1.54, 1.807) is 29.3 Å². The summed E-state index contributed by atoms with van der Waals surface area (Å²) in [6.45, 7) is 7.59. The number of aryl methyl sites for hydroxylation is 2. The quantitative estimate of drug-likeness (QED) is 0.447. The first-order valence-corrected chi connectivity index (χ1v) is 10.0. The number of benzene rings is 1. The highest BCUT2D eigenvalue weighted by atomic mass is 32.2. The van der Waals surface area contributed by atoms with Gasteiger partial charge in [-0.1, -0.05) is 17.8 Å². The number of amidine groups is 2. The summed E-state index contributed by atoms with van der Waals surface area (Å²) in [6, 6.07) is 6.66. The number of hydrogen-bond acceptors (Lipinski definition) is 5. The fraction of sp³-hybridized carbons (Fsp3) is 0.190. The van der Waals surface area contributed by atoms with Gasteiger partial charge in [0.15, 0.2) is 5.17 Å². The zero-order valence-corrected chi connectivity index (χ0v) is 17.7. The molecule has 1 aromatic carbocycles. The van der Waals surface area contributed by atoms with Gasteiger partial charge in [0, 0.05) is 34.6 Å². The molecule has 2 aliphatic rings. The molecule has 2 aliphatic heterocycles. The summed E-state index contributed by atoms with van der Waals surface area (Å²) < 4.78 is 1.93. The number of non-ortho nitro benzene ring substituents is 1. The highest BCUT2D eigenvalue weighted by Gasteiger charge is 2.33. The van der Waals surface area contributed by atoms with Crippen molar-refractivity contribution in [1.82, 2.24) is 9.47 Å². The van der Waals surface area contributed by atoms with Gasteiger partial charge in [-0.15, -0.1) is 0 Å². The van der Waals surface area contributed by atoms with Crippen LogP contribution in [0.4, 0.5) is 5.69 Å². The number of nitrogens with one attached hydrogen (secondary N) is 1. The molecule has 1 N–H and O–H groups in total. The predicted molar refractivity (Wildman–Crippen MR) is 118 cm³/mol. The number of nitro benzene ring substituents is 1. The molecule has 0 unspecified atom stereocenters. The number of aliphatic imine (C=N–C) groups is 1. The molecule has 30 heavy (non-hydrogen) atoms. The van der Waals surface area contributed by atoms with Gasteiger partial charge in [-0.2, -0.15) is 4.99 Å². The summed E-state index contributed by atoms with van der Waals surface area (Å²) in [5.74, 6) is -0.358. The number of aromatic nitrogens is 1. The van der Waals surface area contributed by atoms with E-state index in [1.165, 1.54) is 17.8 Å². The molecule has 0 aliphatic carbocycles. The number of rotatable bonds is 3. The molecule has 4 rings (SSSR count). The third-order valence-electron chi connectivity index (χ3n) is 5.11. The van der Waals surface area contributed by atoms with Crippen LogP contribution in [0.3, 0.4) is 0 Å². The number of carbonyl (C=O) groups is 1. The van der Waals surface area contributed by atoms with Gasteiger partial charge in [0.25, 0.3) is 11.6 Å². The maximum atomic E-state index is 12.6. The van der Waals surface area contributed by atoms with Gasteiger partial charge in [-0.25, -0.2) is 0 Å². The largest absolute Gasteiger partial charge is 0.317 e. The third kappa shape index (κ3) is 3.17. The van der Waals surface area contributed by atoms with Crippen LogP contribution < -0.4 is 0 Å². The summed E-state index contributed by atoms with van der Waals surface area (Å²) in [7, 11) is 0. The summed E-state index contributed by atoms with van der Waals surface area (Å²) in [5.41, 5.74) is 4.29. The lowest BCUT2D eigenvalue weighted by Gasteiger charge is -2.22. The van der Waals surface area contributed by atoms with E-state index in [9.17, 15) is 14.9 Å². The number of nitro groups is 1. The Morgan fingerprint density at radius 1 is 1.20 bits per heavy atom. The first-order chi connectivity index (χ1) is 14.2. The molecule has 1 aromatic heterocycles. The molecule has 2 aromatic rings. The van der Waals surface area contributed by atoms with Crippen molar-refractivity contribution in [3.8, 4) is 5.69 Å². The number of fused-ring (bicyclic) bond motifs is 1. The summed E-state index contributed by atoms with van der Waals surface area (Å²) in [4.78, 5) is 30.1. The van der Waals surface area contributed by atoms with Crippen LogP contribution in [0, 0.1) is 36.3 Å². The molecule has 0 saturated heterocycles. The molecule has 0 spiro atoms. The molecule has 0 radical (unpaired) electrons. The Morgan fingerprint density at radius 2 is 1.93 bits per heavy atom. The normalized spacial score (nSPS) is 17.3. The zero-order valence-electron chi connectivity index (χ0n) is 16.9. The van der Waals surface area contributed by atoms with Crippen molar-refractivity contribution in [2.24, 2.45) is 4.99 Å². The lowest BCUT2D eigenvalue weighted by molar-refractivity contribution is -0.384. The van der Waals surface area contributed by atoms with E-state index >= 15 is 0 Å². The maximum Gasteiger partial charge on any atom is 0.283 e. The van der Waals surface area contributed by atoms with Gasteiger partial charge in [0.2, 0.25) is 0 Å². The van der Waals surface area contributed by atoms with Crippen molar-refractivity contribution in [3.05, 3.63) is 73.6 Å². The summed E-state index contributed by atoms with van der Waals surface area (Å²) >= 11 is 1.37. The lowest BCUT2D eigenvalue weighted by Crippen LogP contribution is -2.35. The van der Waals surface area contributed by atoms with E-state index in [2.05, 4.69) is 4.99 Å². The van der Waals surface area contributed by atoms with E-state index in [1.807, 2.05) is 38.3 Å². The minimum atomic E-state index is -0.446. The van der Waals surface area contributed by atoms with Crippen LogP contribution in [-0.4, -0.2) is 31.3 Å². The molecule has 3 heterocycles. The fourth-order valence-corrected chi connectivity index (χ4v) is 4.43. The number of carbonyl (C=O) groups excluding carboxylic acids is 1. The summed E-state index contributed by atoms with van der Waals surface area (Å²) in [6.07, 6.45) is 3.46. The van der Waals surface area contributed by atoms with E-state index in [4.69, 9.17) is 5.41 Å². The molecule has 8 nitrogen and oxygen atoms in total. The van der Waals surface area contributed by atoms with Crippen molar-refractivity contribution >= 4 is 40.4 Å². The molecule has 152 valence electrons. The second-order valence-electron chi connectivity index (χ2n) is 7.21. The second kappa shape index (κ2) is 7.10. The number of thioether (sulfide) groups is 1. The standard InChI is InChI=1S/C21H19N5O3S/c1-11-5-6-16(26(28)29)9-18(11)25-12(2)7-15(14(25)4)8-17-19(22)24-10-13(3)30-21(24)23-20(17)27/h5-10,22H,1-4H3. The molecule has 9 heteroatoms. The number of hydrogen-bond donors (Lipinski definition) is 1. The van der Waals surface area contributed by atoms with Gasteiger partial charge in [-0.3, -0.25) is 25.2 Å². The SMILES string of the molecule is CC1=CN2C(=N)C(=Cc3cc(C)n(-c4cc([N+](=O)[O-])ccc4C)c3C)C(=O)N=C2S1. The maximum absolute atomic E-state index is 12.6. The Bertz CT molecular complexity index is 1240. The van der Waals surface area contributed by atoms with Crippen LogP contribution in [0.5, 0.6) is 0 Å². The number of amides is 1. The Hall–Kier alpha value is -3.46. The monoisotopic (exact) mass is 421 g/mol. The van der Waals surface area contributed by atoms with Crippen LogP contribution >= 0.6 is 11.8 Å². The van der Waals surface area contributed by atoms with E-state index in [0.29, 0.717) is 10.9 Å². The molecular formula is C21H19N5O3S. The number of nitrogens with zero attached hydrogens (tertiary/aromatic N) is 4. The lowest BCUT2D eigenvalue weighted by atomic mass is 10.1. The van der Waals surface area contributed by atoms with E-state index in [-0.39, 0.29) is 17.1 Å². The fourth-order valence-electron chi connectivity index (χ4n) is 3.61. The van der Waals surface area contributed by atoms with Gasteiger partial charge in [-0.05, 0) is 51.0 Å². The van der Waals surface area contributed by atoms with Crippen molar-refractivity contribution in [3.63, 3.8) is 0 Å². The minimum Gasteiger partial charge on any atom is -0.317 e. The molecule has 0 atom stereocenters. The van der Waals surface area contributed by atoms with Crippen molar-refractivity contribution < 1.29 is 9.72 Å². The number of allylic oxidation sites excluding steroid dienone is 1. The van der Waals surface area contributed by atoms with Crippen LogP contribution in [0.25, 0.3) is 11.8 Å². The highest BCUT2D eigenvalue weighted by Crippen LogP contribution is 2.33. The van der Waals surface area contributed by atoms with E-state index < -0.39 is 10.8 Å². The smallest absolute Gasteiger partial charge is 0.283 e. The average molecular weight is 421 g/mol. The Kier molecular flexibility index (Phi) is 4.70. The van der Waals surface area contributed by atoms with Crippen LogP contribution in [0.1, 0.15) is 29.4 Å². The Labute approximate surface area is 177 Å². The van der Waals surface area contributed by atoms with Crippen molar-refractivity contribution in [2.75, 3.05) is 0 Å². The molecule has 0 saturated carbocycles. The Morgan fingerprint density at radius 3 is 2.63 bits per heavy atom. The molecule has 0 bridgehead atoms. The third-order valence-corrected chi connectivity index (χ3v) is 6.01. The minimum absolute atomic E-state index is 0.0165. The Balaban J connectivity index is 1.81. The van der Waals surface area contributed by atoms with Crippen molar-refractivity contribution in [1.29, 1.82) is 5.41 Å². The highest BCUT2D eigenvalue weighted by molar-refractivity contribution is 8.17. The molecule has 0 fully saturated rings.